The average molecular weight is 211 g/mol. The summed E-state index contributed by atoms with van der Waals surface area (Å²) in [4.78, 5) is 0. The van der Waals surface area contributed by atoms with Gasteiger partial charge in [0.1, 0.15) is 0 Å². The van der Waals surface area contributed by atoms with Crippen LogP contribution in [0.25, 0.3) is 0 Å². The van der Waals surface area contributed by atoms with Gasteiger partial charge in [-0.3, -0.25) is 0 Å². The average Bonchev–Trinajstić information content (AvgIpc) is 2.95. The molecule has 1 unspecified atom stereocenters. The summed E-state index contributed by atoms with van der Waals surface area (Å²) in [5.74, 6) is -0.758. The first-order chi connectivity index (χ1) is 7.15. The summed E-state index contributed by atoms with van der Waals surface area (Å²) in [6, 6.07) is 4.25. The van der Waals surface area contributed by atoms with Gasteiger partial charge in [0.25, 0.3) is 0 Å². The van der Waals surface area contributed by atoms with Gasteiger partial charge >= 0.3 is 0 Å². The van der Waals surface area contributed by atoms with Crippen molar-refractivity contribution in [3.8, 4) is 0 Å². The molecule has 1 aliphatic carbocycles. The first-order valence-electron chi connectivity index (χ1n) is 5.37. The molecular formula is C12H15F2N. The molecule has 2 rings (SSSR count). The van der Waals surface area contributed by atoms with E-state index in [1.807, 2.05) is 0 Å². The Kier molecular flexibility index (Phi) is 2.89. The Balaban J connectivity index is 1.93. The zero-order valence-corrected chi connectivity index (χ0v) is 8.76. The summed E-state index contributed by atoms with van der Waals surface area (Å²) in [7, 11) is 0. The second-order valence-corrected chi connectivity index (χ2v) is 4.35. The predicted octanol–water partition coefficient (Wildman–Crippen LogP) is 3.57. The Morgan fingerprint density at radius 2 is 2.07 bits per heavy atom. The minimum atomic E-state index is -0.796. The van der Waals surface area contributed by atoms with Gasteiger partial charge in [0.2, 0.25) is 0 Å². The van der Waals surface area contributed by atoms with Crippen LogP contribution in [0.1, 0.15) is 26.2 Å². The predicted molar refractivity (Wildman–Crippen MR) is 56.8 cm³/mol. The fourth-order valence-electron chi connectivity index (χ4n) is 1.78. The summed E-state index contributed by atoms with van der Waals surface area (Å²) >= 11 is 0. The lowest BCUT2D eigenvalue weighted by Crippen LogP contribution is -2.15. The summed E-state index contributed by atoms with van der Waals surface area (Å²) in [5, 5.41) is 3.17. The molecule has 1 atom stereocenters. The minimum Gasteiger partial charge on any atom is -0.382 e. The van der Waals surface area contributed by atoms with Gasteiger partial charge in [-0.05, 0) is 31.4 Å². The molecule has 1 nitrogen and oxygen atoms in total. The maximum Gasteiger partial charge on any atom is 0.160 e. The van der Waals surface area contributed by atoms with Crippen LogP contribution in [0.3, 0.4) is 0 Å². The lowest BCUT2D eigenvalue weighted by molar-refractivity contribution is 0.508. The Labute approximate surface area is 88.5 Å². The van der Waals surface area contributed by atoms with Gasteiger partial charge in [-0.2, -0.15) is 0 Å². The van der Waals surface area contributed by atoms with Gasteiger partial charge in [-0.15, -0.1) is 0 Å². The van der Waals surface area contributed by atoms with Gasteiger partial charge in [-0.25, -0.2) is 8.78 Å². The number of halogens is 2. The Morgan fingerprint density at radius 1 is 1.33 bits per heavy atom. The Bertz CT molecular complexity index is 347. The molecule has 0 radical (unpaired) electrons. The molecule has 1 aliphatic rings. The smallest absolute Gasteiger partial charge is 0.160 e. The molecule has 82 valence electrons. The highest BCUT2D eigenvalue weighted by Crippen LogP contribution is 2.34. The normalized spacial score (nSPS) is 17.5. The highest BCUT2D eigenvalue weighted by atomic mass is 19.2. The van der Waals surface area contributed by atoms with E-state index < -0.39 is 11.6 Å². The van der Waals surface area contributed by atoms with Crippen LogP contribution in [-0.4, -0.2) is 6.04 Å². The summed E-state index contributed by atoms with van der Waals surface area (Å²) in [6.07, 6.45) is 3.73. The van der Waals surface area contributed by atoms with E-state index in [0.717, 1.165) is 18.4 Å². The van der Waals surface area contributed by atoms with Crippen LogP contribution in [0.15, 0.2) is 18.2 Å². The lowest BCUT2D eigenvalue weighted by Gasteiger charge is -2.14. The van der Waals surface area contributed by atoms with Crippen molar-refractivity contribution in [2.45, 2.75) is 32.2 Å². The maximum absolute atomic E-state index is 12.9. The molecular weight excluding hydrogens is 196 g/mol. The first-order valence-corrected chi connectivity index (χ1v) is 5.37. The van der Waals surface area contributed by atoms with Gasteiger partial charge in [0, 0.05) is 17.8 Å². The fraction of sp³-hybridized carbons (Fsp3) is 0.500. The number of hydrogen-bond donors (Lipinski definition) is 1. The largest absolute Gasteiger partial charge is 0.382 e. The minimum absolute atomic E-state index is 0.322. The van der Waals surface area contributed by atoms with Crippen molar-refractivity contribution in [2.24, 2.45) is 5.92 Å². The Morgan fingerprint density at radius 3 is 2.67 bits per heavy atom. The van der Waals surface area contributed by atoms with Crippen LogP contribution >= 0.6 is 0 Å². The molecule has 0 spiro atoms. The van der Waals surface area contributed by atoms with Crippen LogP contribution in [0.5, 0.6) is 0 Å². The number of hydrogen-bond acceptors (Lipinski definition) is 1. The second kappa shape index (κ2) is 4.17. The van der Waals surface area contributed by atoms with Crippen LogP contribution in [-0.2, 0) is 0 Å². The molecule has 0 bridgehead atoms. The van der Waals surface area contributed by atoms with Crippen LogP contribution in [0, 0.1) is 17.6 Å². The van der Waals surface area contributed by atoms with E-state index in [1.54, 1.807) is 6.07 Å². The van der Waals surface area contributed by atoms with Crippen molar-refractivity contribution in [3.63, 3.8) is 0 Å². The van der Waals surface area contributed by atoms with Crippen molar-refractivity contribution in [1.82, 2.24) is 0 Å². The number of anilines is 1. The highest BCUT2D eigenvalue weighted by molar-refractivity contribution is 5.44. The van der Waals surface area contributed by atoms with E-state index in [9.17, 15) is 8.78 Å². The molecule has 1 N–H and O–H groups in total. The standard InChI is InChI=1S/C12H15F2N/c1-8(6-9-2-3-9)15-10-4-5-11(13)12(14)7-10/h4-5,7-9,15H,2-3,6H2,1H3. The van der Waals surface area contributed by atoms with Crippen molar-refractivity contribution < 1.29 is 8.78 Å². The quantitative estimate of drug-likeness (QED) is 0.802. The third-order valence-corrected chi connectivity index (χ3v) is 2.72. The van der Waals surface area contributed by atoms with Crippen LogP contribution in [0.4, 0.5) is 14.5 Å². The molecule has 0 heterocycles. The van der Waals surface area contributed by atoms with Gasteiger partial charge in [0.15, 0.2) is 11.6 Å². The van der Waals surface area contributed by atoms with E-state index in [-0.39, 0.29) is 0 Å². The van der Waals surface area contributed by atoms with Gasteiger partial charge in [0.05, 0.1) is 0 Å². The SMILES string of the molecule is CC(CC1CC1)Nc1ccc(F)c(F)c1. The first kappa shape index (κ1) is 10.4. The van der Waals surface area contributed by atoms with Crippen LogP contribution < -0.4 is 5.32 Å². The topological polar surface area (TPSA) is 12.0 Å². The zero-order valence-electron chi connectivity index (χ0n) is 8.76. The van der Waals surface area contributed by atoms with Crippen molar-refractivity contribution in [2.75, 3.05) is 5.32 Å². The van der Waals surface area contributed by atoms with Crippen molar-refractivity contribution in [3.05, 3.63) is 29.8 Å². The van der Waals surface area contributed by atoms with E-state index in [2.05, 4.69) is 12.2 Å². The number of benzene rings is 1. The molecule has 0 saturated heterocycles. The molecule has 0 amide bonds. The highest BCUT2D eigenvalue weighted by Gasteiger charge is 2.23. The fourth-order valence-corrected chi connectivity index (χ4v) is 1.78. The van der Waals surface area contributed by atoms with Crippen molar-refractivity contribution in [1.29, 1.82) is 0 Å². The van der Waals surface area contributed by atoms with Crippen molar-refractivity contribution >= 4 is 5.69 Å². The maximum atomic E-state index is 12.9. The molecule has 15 heavy (non-hydrogen) atoms. The molecule has 3 heteroatoms. The number of rotatable bonds is 4. The van der Waals surface area contributed by atoms with E-state index in [4.69, 9.17) is 0 Å². The molecule has 0 aromatic heterocycles. The summed E-state index contributed by atoms with van der Waals surface area (Å²) in [6.45, 7) is 2.07. The lowest BCUT2D eigenvalue weighted by atomic mass is 10.1. The monoisotopic (exact) mass is 211 g/mol. The summed E-state index contributed by atoms with van der Waals surface area (Å²) < 4.78 is 25.5. The van der Waals surface area contributed by atoms with Gasteiger partial charge in [-0.1, -0.05) is 12.8 Å². The Hall–Kier alpha value is -1.12. The molecule has 1 fully saturated rings. The zero-order chi connectivity index (χ0) is 10.8. The third-order valence-electron chi connectivity index (χ3n) is 2.72. The third kappa shape index (κ3) is 2.91. The second-order valence-electron chi connectivity index (χ2n) is 4.35. The molecule has 1 aromatic carbocycles. The van der Waals surface area contributed by atoms with E-state index in [0.29, 0.717) is 11.7 Å². The molecule has 1 saturated carbocycles. The van der Waals surface area contributed by atoms with E-state index >= 15 is 0 Å². The molecule has 1 aromatic rings. The van der Waals surface area contributed by atoms with E-state index in [1.165, 1.54) is 18.9 Å². The molecule has 0 aliphatic heterocycles. The van der Waals surface area contributed by atoms with Crippen LogP contribution in [0.2, 0.25) is 0 Å². The summed E-state index contributed by atoms with van der Waals surface area (Å²) in [5.41, 5.74) is 0.655. The number of nitrogens with one attached hydrogen (secondary N) is 1. The van der Waals surface area contributed by atoms with Gasteiger partial charge < -0.3 is 5.32 Å².